The molecule has 1 saturated heterocycles. The molecule has 1 aromatic carbocycles. The highest BCUT2D eigenvalue weighted by Crippen LogP contribution is 2.27. The van der Waals surface area contributed by atoms with Gasteiger partial charge in [-0.15, -0.1) is 23.4 Å². The van der Waals surface area contributed by atoms with E-state index in [0.29, 0.717) is 24.9 Å². The number of alkyl halides is 1. The van der Waals surface area contributed by atoms with Crippen LogP contribution in [0.25, 0.3) is 0 Å². The molecule has 1 fully saturated rings. The fourth-order valence-electron chi connectivity index (χ4n) is 2.35. The summed E-state index contributed by atoms with van der Waals surface area (Å²) in [4.78, 5) is 1.22. The lowest BCUT2D eigenvalue weighted by atomic mass is 10.0. The second-order valence-corrected chi connectivity index (χ2v) is 8.56. The van der Waals surface area contributed by atoms with Gasteiger partial charge in [-0.1, -0.05) is 12.1 Å². The first kappa shape index (κ1) is 16.1. The highest BCUT2D eigenvalue weighted by Gasteiger charge is 2.25. The van der Waals surface area contributed by atoms with E-state index in [1.165, 1.54) is 11.2 Å². The van der Waals surface area contributed by atoms with Gasteiger partial charge >= 0.3 is 0 Å². The molecular formula is C14H20ClNO2S2. The third-order valence-corrected chi connectivity index (χ3v) is 6.34. The van der Waals surface area contributed by atoms with Gasteiger partial charge < -0.3 is 0 Å². The summed E-state index contributed by atoms with van der Waals surface area (Å²) in [5, 5.41) is 0. The third-order valence-electron chi connectivity index (χ3n) is 3.51. The van der Waals surface area contributed by atoms with Crippen LogP contribution in [0.4, 0.5) is 0 Å². The predicted molar refractivity (Wildman–Crippen MR) is 85.9 cm³/mol. The minimum atomic E-state index is -3.04. The summed E-state index contributed by atoms with van der Waals surface area (Å²) in [6, 6.07) is 8.25. The molecule has 3 nitrogen and oxygen atoms in total. The van der Waals surface area contributed by atoms with Gasteiger partial charge in [-0.05, 0) is 36.5 Å². The topological polar surface area (TPSA) is 37.4 Å². The van der Waals surface area contributed by atoms with Crippen LogP contribution in [0.3, 0.4) is 0 Å². The molecule has 0 bridgehead atoms. The van der Waals surface area contributed by atoms with Gasteiger partial charge in [0, 0.05) is 29.6 Å². The highest BCUT2D eigenvalue weighted by atomic mass is 35.5. The Kier molecular flexibility index (Phi) is 5.78. The number of rotatable bonds is 5. The van der Waals surface area contributed by atoms with Crippen LogP contribution in [0.2, 0.25) is 0 Å². The number of benzene rings is 1. The molecule has 1 aromatic rings. The number of hydrogen-bond acceptors (Lipinski definition) is 3. The standard InChI is InChI=1S/C14H20ClNO2S2/c1-20(17,18)16-8-2-3-13(10-16)11-19-14-6-4-12(9-15)5-7-14/h4-7,13H,2-3,8-11H2,1H3. The molecule has 20 heavy (non-hydrogen) atoms. The summed E-state index contributed by atoms with van der Waals surface area (Å²) >= 11 is 7.56. The summed E-state index contributed by atoms with van der Waals surface area (Å²) in [6.07, 6.45) is 3.37. The number of piperidine rings is 1. The first-order chi connectivity index (χ1) is 9.49. The number of nitrogens with zero attached hydrogens (tertiary/aromatic N) is 1. The Hall–Kier alpha value is -0.230. The molecule has 112 valence electrons. The largest absolute Gasteiger partial charge is 0.213 e. The van der Waals surface area contributed by atoms with Gasteiger partial charge in [0.05, 0.1) is 6.26 Å². The maximum atomic E-state index is 11.6. The summed E-state index contributed by atoms with van der Waals surface area (Å²) in [7, 11) is -3.04. The van der Waals surface area contributed by atoms with Crippen LogP contribution in [0.5, 0.6) is 0 Å². The molecule has 1 atom stereocenters. The molecule has 6 heteroatoms. The Morgan fingerprint density at radius 3 is 2.65 bits per heavy atom. The molecule has 0 spiro atoms. The normalized spacial score (nSPS) is 21.0. The van der Waals surface area contributed by atoms with E-state index in [2.05, 4.69) is 12.1 Å². The Labute approximate surface area is 130 Å². The van der Waals surface area contributed by atoms with E-state index in [1.54, 1.807) is 16.1 Å². The van der Waals surface area contributed by atoms with E-state index in [-0.39, 0.29) is 0 Å². The molecule has 0 N–H and O–H groups in total. The molecule has 0 aliphatic carbocycles. The predicted octanol–water partition coefficient (Wildman–Crippen LogP) is 3.19. The van der Waals surface area contributed by atoms with Crippen molar-refractivity contribution in [2.24, 2.45) is 5.92 Å². The smallest absolute Gasteiger partial charge is 0.211 e. The maximum absolute atomic E-state index is 11.6. The Balaban J connectivity index is 1.87. The third kappa shape index (κ3) is 4.65. The van der Waals surface area contributed by atoms with Crippen molar-refractivity contribution in [1.82, 2.24) is 4.31 Å². The number of halogens is 1. The van der Waals surface area contributed by atoms with Crippen molar-refractivity contribution in [3.63, 3.8) is 0 Å². The lowest BCUT2D eigenvalue weighted by molar-refractivity contribution is 0.286. The average molecular weight is 334 g/mol. The van der Waals surface area contributed by atoms with E-state index < -0.39 is 10.0 Å². The molecule has 1 heterocycles. The molecule has 0 radical (unpaired) electrons. The Morgan fingerprint density at radius 2 is 2.05 bits per heavy atom. The molecule has 0 saturated carbocycles. The minimum Gasteiger partial charge on any atom is -0.213 e. The monoisotopic (exact) mass is 333 g/mol. The highest BCUT2D eigenvalue weighted by molar-refractivity contribution is 7.99. The second-order valence-electron chi connectivity index (χ2n) is 5.22. The molecule has 1 aliphatic rings. The first-order valence-corrected chi connectivity index (χ1v) is 10.1. The quantitative estimate of drug-likeness (QED) is 0.613. The van der Waals surface area contributed by atoms with E-state index in [1.807, 2.05) is 12.1 Å². The van der Waals surface area contributed by atoms with Crippen LogP contribution < -0.4 is 0 Å². The van der Waals surface area contributed by atoms with Crippen molar-refractivity contribution in [3.05, 3.63) is 29.8 Å². The zero-order chi connectivity index (χ0) is 14.6. The van der Waals surface area contributed by atoms with Crippen LogP contribution in [0.1, 0.15) is 18.4 Å². The van der Waals surface area contributed by atoms with Crippen LogP contribution in [-0.4, -0.2) is 37.8 Å². The summed E-state index contributed by atoms with van der Waals surface area (Å²) in [6.45, 7) is 1.33. The van der Waals surface area contributed by atoms with Crippen molar-refractivity contribution in [2.75, 3.05) is 25.1 Å². The second kappa shape index (κ2) is 7.16. The maximum Gasteiger partial charge on any atom is 0.211 e. The zero-order valence-electron chi connectivity index (χ0n) is 11.6. The van der Waals surface area contributed by atoms with Crippen molar-refractivity contribution in [3.8, 4) is 0 Å². The van der Waals surface area contributed by atoms with Crippen LogP contribution >= 0.6 is 23.4 Å². The molecular weight excluding hydrogens is 314 g/mol. The molecule has 1 aliphatic heterocycles. The average Bonchev–Trinajstić information content (AvgIpc) is 2.45. The summed E-state index contributed by atoms with van der Waals surface area (Å²) < 4.78 is 24.8. The fraction of sp³-hybridized carbons (Fsp3) is 0.571. The molecule has 1 unspecified atom stereocenters. The number of thioether (sulfide) groups is 1. The zero-order valence-corrected chi connectivity index (χ0v) is 14.0. The molecule has 2 rings (SSSR count). The van der Waals surface area contributed by atoms with Crippen molar-refractivity contribution < 1.29 is 8.42 Å². The van der Waals surface area contributed by atoms with Crippen molar-refractivity contribution in [2.45, 2.75) is 23.6 Å². The van der Waals surface area contributed by atoms with Gasteiger partial charge in [-0.25, -0.2) is 12.7 Å². The van der Waals surface area contributed by atoms with Crippen molar-refractivity contribution in [1.29, 1.82) is 0 Å². The summed E-state index contributed by atoms with van der Waals surface area (Å²) in [5.74, 6) is 1.94. The summed E-state index contributed by atoms with van der Waals surface area (Å²) in [5.41, 5.74) is 1.12. The van der Waals surface area contributed by atoms with Gasteiger partial charge in [-0.2, -0.15) is 0 Å². The van der Waals surface area contributed by atoms with E-state index in [9.17, 15) is 8.42 Å². The van der Waals surface area contributed by atoms with Gasteiger partial charge in [0.1, 0.15) is 0 Å². The molecule has 0 aromatic heterocycles. The van der Waals surface area contributed by atoms with E-state index in [4.69, 9.17) is 11.6 Å². The van der Waals surface area contributed by atoms with Gasteiger partial charge in [0.15, 0.2) is 0 Å². The van der Waals surface area contributed by atoms with Crippen LogP contribution in [0, 0.1) is 5.92 Å². The SMILES string of the molecule is CS(=O)(=O)N1CCCC(CSc2ccc(CCl)cc2)C1. The van der Waals surface area contributed by atoms with Crippen molar-refractivity contribution >= 4 is 33.4 Å². The number of hydrogen-bond donors (Lipinski definition) is 0. The van der Waals surface area contributed by atoms with Gasteiger partial charge in [0.25, 0.3) is 0 Å². The Morgan fingerprint density at radius 1 is 1.35 bits per heavy atom. The lowest BCUT2D eigenvalue weighted by Gasteiger charge is -2.30. The van der Waals surface area contributed by atoms with Crippen LogP contribution in [0.15, 0.2) is 29.2 Å². The minimum absolute atomic E-state index is 0.441. The molecule has 0 amide bonds. The Bertz CT molecular complexity index is 531. The fourth-order valence-corrected chi connectivity index (χ4v) is 4.50. The lowest BCUT2D eigenvalue weighted by Crippen LogP contribution is -2.39. The van der Waals surface area contributed by atoms with Crippen LogP contribution in [-0.2, 0) is 15.9 Å². The van der Waals surface area contributed by atoms with Gasteiger partial charge in [-0.3, -0.25) is 0 Å². The van der Waals surface area contributed by atoms with Gasteiger partial charge in [0.2, 0.25) is 10.0 Å². The number of sulfonamides is 1. The van der Waals surface area contributed by atoms with E-state index >= 15 is 0 Å². The first-order valence-electron chi connectivity index (χ1n) is 6.72. The van der Waals surface area contributed by atoms with E-state index in [0.717, 1.165) is 24.2 Å².